The molecule has 25 heavy (non-hydrogen) atoms. The first-order valence-corrected chi connectivity index (χ1v) is 7.27. The van der Waals surface area contributed by atoms with Crippen LogP contribution >= 0.6 is 0 Å². The van der Waals surface area contributed by atoms with Gasteiger partial charge in [0.1, 0.15) is 5.56 Å². The summed E-state index contributed by atoms with van der Waals surface area (Å²) in [6, 6.07) is 10.7. The van der Waals surface area contributed by atoms with Gasteiger partial charge in [-0.15, -0.1) is 0 Å². The molecule has 2 heterocycles. The summed E-state index contributed by atoms with van der Waals surface area (Å²) in [5.41, 5.74) is 0.666. The number of rotatable bonds is 2. The second kappa shape index (κ2) is 5.17. The van der Waals surface area contributed by atoms with E-state index in [9.17, 15) is 19.2 Å². The van der Waals surface area contributed by atoms with Gasteiger partial charge < -0.3 is 9.25 Å². The quantitative estimate of drug-likeness (QED) is 0.657. The molecule has 0 bridgehead atoms. The maximum absolute atomic E-state index is 12.4. The van der Waals surface area contributed by atoms with Crippen LogP contribution in [-0.4, -0.2) is 27.4 Å². The number of aryl methyl sites for hydroxylation is 1. The normalized spacial score (nSPS) is 13.4. The topological polar surface area (TPSA) is 98.8 Å². The van der Waals surface area contributed by atoms with Gasteiger partial charge in [0.15, 0.2) is 5.58 Å². The molecule has 1 aliphatic heterocycles. The summed E-state index contributed by atoms with van der Waals surface area (Å²) in [4.78, 5) is 53.6. The monoisotopic (exact) mass is 338 g/mol. The molecule has 124 valence electrons. The molecule has 3 aromatic rings. The van der Waals surface area contributed by atoms with E-state index in [0.717, 1.165) is 0 Å². The molecule has 0 N–H and O–H groups in total. The van der Waals surface area contributed by atoms with Gasteiger partial charge in [-0.05, 0) is 24.3 Å². The molecule has 0 aliphatic carbocycles. The number of carbonyl (C=O) groups excluding carboxylic acids is 3. The van der Waals surface area contributed by atoms with Gasteiger partial charge in [-0.25, -0.2) is 9.59 Å². The van der Waals surface area contributed by atoms with Crippen LogP contribution < -0.4 is 5.76 Å². The van der Waals surface area contributed by atoms with Crippen LogP contribution in [0.25, 0.3) is 11.1 Å². The highest BCUT2D eigenvalue weighted by Crippen LogP contribution is 2.24. The summed E-state index contributed by atoms with van der Waals surface area (Å²) in [5.74, 6) is -3.07. The first-order valence-electron chi connectivity index (χ1n) is 7.27. The molecule has 1 aromatic heterocycles. The number of nitrogens with zero attached hydrogens (tertiary/aromatic N) is 2. The van der Waals surface area contributed by atoms with Gasteiger partial charge in [-0.1, -0.05) is 23.3 Å². The number of hydroxylamine groups is 2. The van der Waals surface area contributed by atoms with E-state index in [4.69, 9.17) is 9.25 Å². The van der Waals surface area contributed by atoms with Gasteiger partial charge in [0, 0.05) is 7.05 Å². The van der Waals surface area contributed by atoms with Gasteiger partial charge >= 0.3 is 11.7 Å². The number of benzene rings is 2. The SMILES string of the molecule is Cn1c(=O)oc2c(C(=O)ON3C(=O)c4ccccc4C3=O)cccc21. The van der Waals surface area contributed by atoms with Gasteiger partial charge in [0.2, 0.25) is 0 Å². The van der Waals surface area contributed by atoms with E-state index in [1.165, 1.54) is 35.9 Å². The molecular weight excluding hydrogens is 328 g/mol. The molecule has 8 nitrogen and oxygen atoms in total. The Hall–Kier alpha value is -3.68. The maximum atomic E-state index is 12.4. The van der Waals surface area contributed by atoms with Gasteiger partial charge in [-0.3, -0.25) is 14.2 Å². The number of imide groups is 1. The third kappa shape index (κ3) is 2.08. The van der Waals surface area contributed by atoms with Gasteiger partial charge in [-0.2, -0.15) is 0 Å². The van der Waals surface area contributed by atoms with Gasteiger partial charge in [0.05, 0.1) is 16.6 Å². The Balaban J connectivity index is 1.70. The number of aromatic nitrogens is 1. The van der Waals surface area contributed by atoms with Crippen LogP contribution in [0.2, 0.25) is 0 Å². The molecule has 0 saturated heterocycles. The average molecular weight is 338 g/mol. The molecule has 1 aliphatic rings. The zero-order valence-electron chi connectivity index (χ0n) is 12.9. The van der Waals surface area contributed by atoms with Crippen LogP contribution in [0.5, 0.6) is 0 Å². The Kier molecular flexibility index (Phi) is 3.08. The lowest BCUT2D eigenvalue weighted by molar-refractivity contribution is -0.0583. The standard InChI is InChI=1S/C17H10N2O6/c1-18-12-8-4-7-11(13(12)24-17(18)23)16(22)25-19-14(20)9-5-2-3-6-10(9)15(19)21/h2-8H,1H3. The molecule has 0 unspecified atom stereocenters. The van der Waals surface area contributed by atoms with Crippen molar-refractivity contribution in [1.82, 2.24) is 9.63 Å². The van der Waals surface area contributed by atoms with E-state index in [1.807, 2.05) is 0 Å². The predicted octanol–water partition coefficient (Wildman–Crippen LogP) is 1.50. The Labute approximate surface area is 139 Å². The van der Waals surface area contributed by atoms with Crippen molar-refractivity contribution in [3.05, 3.63) is 69.7 Å². The largest absolute Gasteiger partial charge is 0.419 e. The first-order chi connectivity index (χ1) is 12.0. The molecule has 0 spiro atoms. The predicted molar refractivity (Wildman–Crippen MR) is 83.8 cm³/mol. The molecular formula is C17H10N2O6. The van der Waals surface area contributed by atoms with Crippen molar-refractivity contribution < 1.29 is 23.6 Å². The number of fused-ring (bicyclic) bond motifs is 2. The number of hydrogen-bond acceptors (Lipinski definition) is 6. The van der Waals surface area contributed by atoms with Crippen LogP contribution in [0.15, 0.2) is 51.7 Å². The molecule has 2 aromatic carbocycles. The second-order valence-corrected chi connectivity index (χ2v) is 5.41. The van der Waals surface area contributed by atoms with Crippen LogP contribution in [0.3, 0.4) is 0 Å². The summed E-state index contributed by atoms with van der Waals surface area (Å²) in [7, 11) is 1.49. The maximum Gasteiger partial charge on any atom is 0.419 e. The van der Waals surface area contributed by atoms with E-state index in [1.54, 1.807) is 18.2 Å². The van der Waals surface area contributed by atoms with Crippen molar-refractivity contribution in [2.45, 2.75) is 0 Å². The van der Waals surface area contributed by atoms with Crippen LogP contribution in [0.1, 0.15) is 31.1 Å². The summed E-state index contributed by atoms with van der Waals surface area (Å²) in [5, 5.41) is 0.410. The molecule has 0 fully saturated rings. The lowest BCUT2D eigenvalue weighted by atomic mass is 10.1. The van der Waals surface area contributed by atoms with Crippen LogP contribution in [0.4, 0.5) is 0 Å². The van der Waals surface area contributed by atoms with Crippen molar-refractivity contribution >= 4 is 28.9 Å². The molecule has 0 radical (unpaired) electrons. The van der Waals surface area contributed by atoms with Crippen molar-refractivity contribution in [3.8, 4) is 0 Å². The van der Waals surface area contributed by atoms with Crippen LogP contribution in [0, 0.1) is 0 Å². The lowest BCUT2D eigenvalue weighted by Crippen LogP contribution is -2.32. The minimum atomic E-state index is -0.977. The lowest BCUT2D eigenvalue weighted by Gasteiger charge is -2.12. The summed E-state index contributed by atoms with van der Waals surface area (Å²) < 4.78 is 6.28. The Morgan fingerprint density at radius 2 is 1.60 bits per heavy atom. The molecule has 8 heteroatoms. The highest BCUT2D eigenvalue weighted by Gasteiger charge is 2.39. The minimum absolute atomic E-state index is 0.0246. The molecule has 0 atom stereocenters. The number of amides is 2. The highest BCUT2D eigenvalue weighted by atomic mass is 16.7. The van der Waals surface area contributed by atoms with E-state index in [0.29, 0.717) is 10.6 Å². The van der Waals surface area contributed by atoms with E-state index < -0.39 is 23.5 Å². The number of hydrogen-bond donors (Lipinski definition) is 0. The summed E-state index contributed by atoms with van der Waals surface area (Å²) in [6.45, 7) is 0. The minimum Gasteiger partial charge on any atom is -0.407 e. The van der Waals surface area contributed by atoms with Crippen molar-refractivity contribution in [1.29, 1.82) is 0 Å². The highest BCUT2D eigenvalue weighted by molar-refractivity contribution is 6.21. The summed E-state index contributed by atoms with van der Waals surface area (Å²) >= 11 is 0. The van der Waals surface area contributed by atoms with Gasteiger partial charge in [0.25, 0.3) is 11.8 Å². The number of carbonyl (C=O) groups is 3. The fourth-order valence-corrected chi connectivity index (χ4v) is 2.69. The smallest absolute Gasteiger partial charge is 0.407 e. The molecule has 0 saturated carbocycles. The zero-order chi connectivity index (χ0) is 17.7. The Bertz CT molecular complexity index is 1090. The third-order valence-electron chi connectivity index (χ3n) is 3.97. The van der Waals surface area contributed by atoms with E-state index >= 15 is 0 Å². The number of para-hydroxylation sites is 1. The fourth-order valence-electron chi connectivity index (χ4n) is 2.69. The van der Waals surface area contributed by atoms with Crippen molar-refractivity contribution in [2.24, 2.45) is 7.05 Å². The third-order valence-corrected chi connectivity index (χ3v) is 3.97. The molecule has 2 amide bonds. The molecule has 4 rings (SSSR count). The Morgan fingerprint density at radius 1 is 0.960 bits per heavy atom. The number of oxazole rings is 1. The summed E-state index contributed by atoms with van der Waals surface area (Å²) in [6.07, 6.45) is 0. The van der Waals surface area contributed by atoms with E-state index in [-0.39, 0.29) is 22.3 Å². The van der Waals surface area contributed by atoms with Crippen molar-refractivity contribution in [2.75, 3.05) is 0 Å². The second-order valence-electron chi connectivity index (χ2n) is 5.41. The zero-order valence-corrected chi connectivity index (χ0v) is 12.9. The average Bonchev–Trinajstić information content (AvgIpc) is 3.04. The Morgan fingerprint density at radius 3 is 2.24 bits per heavy atom. The fraction of sp³-hybridized carbons (Fsp3) is 0.0588. The van der Waals surface area contributed by atoms with E-state index in [2.05, 4.69) is 0 Å². The van der Waals surface area contributed by atoms with Crippen LogP contribution in [-0.2, 0) is 11.9 Å². The first kappa shape index (κ1) is 14.9. The van der Waals surface area contributed by atoms with Crippen molar-refractivity contribution in [3.63, 3.8) is 0 Å².